The minimum absolute atomic E-state index is 0.161. The van der Waals surface area contributed by atoms with Gasteiger partial charge in [-0.15, -0.1) is 21.5 Å². The maximum Gasteiger partial charge on any atom is 0.237 e. The number of anilines is 1. The standard InChI is InChI=1S/C21H17FN4OS2/c1-14(20(27)23-17-11-6-5-10-16(17)22)29-21-25-24-19(18-12-7-13-28-18)26(21)15-8-3-2-4-9-15/h2-14H,1H3,(H,23,27)/t14-/m0/s1. The Kier molecular flexibility index (Phi) is 5.73. The second-order valence-corrected chi connectivity index (χ2v) is 8.44. The van der Waals surface area contributed by atoms with Crippen molar-refractivity contribution >= 4 is 34.7 Å². The number of carbonyl (C=O) groups is 1. The first kappa shape index (κ1) is 19.4. The topological polar surface area (TPSA) is 59.8 Å². The Morgan fingerprint density at radius 1 is 1.07 bits per heavy atom. The van der Waals surface area contributed by atoms with Gasteiger partial charge in [-0.3, -0.25) is 9.36 Å². The number of hydrogen-bond acceptors (Lipinski definition) is 5. The summed E-state index contributed by atoms with van der Waals surface area (Å²) in [5.41, 5.74) is 1.07. The number of nitrogens with one attached hydrogen (secondary N) is 1. The molecule has 1 N–H and O–H groups in total. The number of carbonyl (C=O) groups excluding carboxylic acids is 1. The van der Waals surface area contributed by atoms with Gasteiger partial charge in [-0.1, -0.05) is 48.2 Å². The van der Waals surface area contributed by atoms with E-state index < -0.39 is 11.1 Å². The van der Waals surface area contributed by atoms with Gasteiger partial charge in [0.2, 0.25) is 5.91 Å². The number of amides is 1. The Bertz CT molecular complexity index is 1110. The average Bonchev–Trinajstić information content (AvgIpc) is 3.40. The van der Waals surface area contributed by atoms with Crippen molar-refractivity contribution in [1.29, 1.82) is 0 Å². The lowest BCUT2D eigenvalue weighted by atomic mass is 10.3. The Hall–Kier alpha value is -2.97. The van der Waals surface area contributed by atoms with Crippen LogP contribution in [0.25, 0.3) is 16.4 Å². The fourth-order valence-electron chi connectivity index (χ4n) is 2.73. The van der Waals surface area contributed by atoms with Crippen LogP contribution in [0.4, 0.5) is 10.1 Å². The third kappa shape index (κ3) is 4.23. The Labute approximate surface area is 175 Å². The van der Waals surface area contributed by atoms with Crippen molar-refractivity contribution in [3.8, 4) is 16.4 Å². The van der Waals surface area contributed by atoms with Crippen LogP contribution in [0.3, 0.4) is 0 Å². The van der Waals surface area contributed by atoms with Gasteiger partial charge in [-0.25, -0.2) is 4.39 Å². The van der Waals surface area contributed by atoms with E-state index in [-0.39, 0.29) is 11.6 Å². The number of nitrogens with zero attached hydrogens (tertiary/aromatic N) is 3. The maximum absolute atomic E-state index is 13.8. The van der Waals surface area contributed by atoms with Crippen LogP contribution >= 0.6 is 23.1 Å². The van der Waals surface area contributed by atoms with E-state index in [1.165, 1.54) is 23.9 Å². The fourth-order valence-corrected chi connectivity index (χ4v) is 4.30. The number of thioether (sulfide) groups is 1. The summed E-state index contributed by atoms with van der Waals surface area (Å²) in [6, 6.07) is 19.8. The van der Waals surface area contributed by atoms with E-state index in [4.69, 9.17) is 0 Å². The van der Waals surface area contributed by atoms with E-state index in [2.05, 4.69) is 15.5 Å². The smallest absolute Gasteiger partial charge is 0.237 e. The summed E-state index contributed by atoms with van der Waals surface area (Å²) in [6.45, 7) is 1.76. The van der Waals surface area contributed by atoms with E-state index >= 15 is 0 Å². The van der Waals surface area contributed by atoms with Crippen LogP contribution < -0.4 is 5.32 Å². The number of hydrogen-bond donors (Lipinski definition) is 1. The zero-order chi connectivity index (χ0) is 20.2. The molecule has 0 aliphatic carbocycles. The number of aromatic nitrogens is 3. The Morgan fingerprint density at radius 2 is 1.83 bits per heavy atom. The number of thiophene rings is 1. The van der Waals surface area contributed by atoms with Crippen molar-refractivity contribution in [3.05, 3.63) is 77.9 Å². The van der Waals surface area contributed by atoms with Crippen molar-refractivity contribution in [2.24, 2.45) is 0 Å². The lowest BCUT2D eigenvalue weighted by molar-refractivity contribution is -0.115. The molecule has 4 rings (SSSR count). The van der Waals surface area contributed by atoms with Crippen LogP contribution in [0, 0.1) is 5.82 Å². The van der Waals surface area contributed by atoms with Gasteiger partial charge in [0.05, 0.1) is 15.8 Å². The fraction of sp³-hybridized carbons (Fsp3) is 0.0952. The Morgan fingerprint density at radius 3 is 2.55 bits per heavy atom. The molecule has 2 heterocycles. The first-order chi connectivity index (χ1) is 14.1. The molecule has 8 heteroatoms. The molecule has 0 aliphatic rings. The van der Waals surface area contributed by atoms with Crippen molar-refractivity contribution in [1.82, 2.24) is 14.8 Å². The zero-order valence-electron chi connectivity index (χ0n) is 15.4. The van der Waals surface area contributed by atoms with E-state index in [9.17, 15) is 9.18 Å². The number of halogens is 1. The molecule has 0 radical (unpaired) electrons. The monoisotopic (exact) mass is 424 g/mol. The van der Waals surface area contributed by atoms with E-state index in [0.717, 1.165) is 16.4 Å². The highest BCUT2D eigenvalue weighted by Gasteiger charge is 2.22. The molecule has 5 nitrogen and oxygen atoms in total. The van der Waals surface area contributed by atoms with Crippen LogP contribution in [-0.2, 0) is 4.79 Å². The molecular weight excluding hydrogens is 407 g/mol. The van der Waals surface area contributed by atoms with E-state index in [0.29, 0.717) is 5.16 Å². The predicted molar refractivity (Wildman–Crippen MR) is 115 cm³/mol. The minimum Gasteiger partial charge on any atom is -0.323 e. The third-order valence-corrected chi connectivity index (χ3v) is 6.08. The highest BCUT2D eigenvalue weighted by molar-refractivity contribution is 8.00. The first-order valence-electron chi connectivity index (χ1n) is 8.90. The van der Waals surface area contributed by atoms with Gasteiger partial charge in [0, 0.05) is 5.69 Å². The van der Waals surface area contributed by atoms with Crippen molar-refractivity contribution < 1.29 is 9.18 Å². The van der Waals surface area contributed by atoms with Gasteiger partial charge in [0.25, 0.3) is 0 Å². The molecule has 0 spiro atoms. The summed E-state index contributed by atoms with van der Waals surface area (Å²) in [7, 11) is 0. The molecule has 1 atom stereocenters. The maximum atomic E-state index is 13.8. The SMILES string of the molecule is C[C@H](Sc1nnc(-c2cccs2)n1-c1ccccc1)C(=O)Nc1ccccc1F. The molecule has 4 aromatic rings. The van der Waals surface area contributed by atoms with Crippen LogP contribution in [0.5, 0.6) is 0 Å². The highest BCUT2D eigenvalue weighted by atomic mass is 32.2. The van der Waals surface area contributed by atoms with Crippen LogP contribution in [0.2, 0.25) is 0 Å². The quantitative estimate of drug-likeness (QED) is 0.429. The van der Waals surface area contributed by atoms with Crippen molar-refractivity contribution in [3.63, 3.8) is 0 Å². The zero-order valence-corrected chi connectivity index (χ0v) is 17.1. The molecule has 0 aliphatic heterocycles. The molecule has 0 fully saturated rings. The highest BCUT2D eigenvalue weighted by Crippen LogP contribution is 2.32. The van der Waals surface area contributed by atoms with Gasteiger partial charge in [-0.05, 0) is 42.6 Å². The molecule has 0 unspecified atom stereocenters. The summed E-state index contributed by atoms with van der Waals surface area (Å²) in [5.74, 6) is -0.0544. The lowest BCUT2D eigenvalue weighted by Gasteiger charge is -2.14. The Balaban J connectivity index is 1.62. The van der Waals surface area contributed by atoms with Gasteiger partial charge in [0.1, 0.15) is 5.82 Å². The molecule has 2 aromatic heterocycles. The van der Waals surface area contributed by atoms with Gasteiger partial charge in [-0.2, -0.15) is 0 Å². The lowest BCUT2D eigenvalue weighted by Crippen LogP contribution is -2.23. The average molecular weight is 425 g/mol. The second kappa shape index (κ2) is 8.59. The number of rotatable bonds is 6. The molecule has 146 valence electrons. The first-order valence-corrected chi connectivity index (χ1v) is 10.7. The predicted octanol–water partition coefficient (Wildman–Crippen LogP) is 5.25. The molecule has 29 heavy (non-hydrogen) atoms. The van der Waals surface area contributed by atoms with E-state index in [1.807, 2.05) is 52.4 Å². The van der Waals surface area contributed by atoms with Crippen LogP contribution in [-0.4, -0.2) is 25.9 Å². The van der Waals surface area contributed by atoms with Crippen LogP contribution in [0.1, 0.15) is 6.92 Å². The molecular formula is C21H17FN4OS2. The van der Waals surface area contributed by atoms with Crippen LogP contribution in [0.15, 0.2) is 77.3 Å². The van der Waals surface area contributed by atoms with Gasteiger partial charge >= 0.3 is 0 Å². The van der Waals surface area contributed by atoms with Gasteiger partial charge < -0.3 is 5.32 Å². The van der Waals surface area contributed by atoms with E-state index in [1.54, 1.807) is 30.4 Å². The third-order valence-electron chi connectivity index (χ3n) is 4.17. The molecule has 0 bridgehead atoms. The number of benzene rings is 2. The summed E-state index contributed by atoms with van der Waals surface area (Å²) >= 11 is 2.85. The summed E-state index contributed by atoms with van der Waals surface area (Å²) in [6.07, 6.45) is 0. The normalized spacial score (nSPS) is 11.9. The van der Waals surface area contributed by atoms with Gasteiger partial charge in [0.15, 0.2) is 11.0 Å². The molecule has 0 saturated heterocycles. The summed E-state index contributed by atoms with van der Waals surface area (Å²) in [4.78, 5) is 13.6. The molecule has 0 saturated carbocycles. The summed E-state index contributed by atoms with van der Waals surface area (Å²) < 4.78 is 15.8. The van der Waals surface area contributed by atoms with Crippen molar-refractivity contribution in [2.75, 3.05) is 5.32 Å². The molecule has 2 aromatic carbocycles. The summed E-state index contributed by atoms with van der Waals surface area (Å²) in [5, 5.41) is 13.4. The second-order valence-electron chi connectivity index (χ2n) is 6.18. The number of para-hydroxylation sites is 2. The van der Waals surface area contributed by atoms with Crippen molar-refractivity contribution in [2.45, 2.75) is 17.3 Å². The molecule has 1 amide bonds. The minimum atomic E-state index is -0.502. The largest absolute Gasteiger partial charge is 0.323 e.